The normalized spacial score (nSPS) is 11.7. The summed E-state index contributed by atoms with van der Waals surface area (Å²) in [6, 6.07) is 9.76. The maximum Gasteiger partial charge on any atom is 0.165 e. The number of aliphatic hydroxyl groups is 1. The number of halogens is 1. The summed E-state index contributed by atoms with van der Waals surface area (Å²) >= 11 is 0. The van der Waals surface area contributed by atoms with Crippen molar-refractivity contribution in [3.8, 4) is 22.9 Å². The molecule has 4 aromatic rings. The second-order valence-electron chi connectivity index (χ2n) is 8.38. The number of rotatable bonds is 7. The quantitative estimate of drug-likeness (QED) is 0.447. The van der Waals surface area contributed by atoms with E-state index in [2.05, 4.69) is 20.3 Å². The first-order valence-electron chi connectivity index (χ1n) is 10.1. The van der Waals surface area contributed by atoms with E-state index in [0.29, 0.717) is 28.5 Å². The summed E-state index contributed by atoms with van der Waals surface area (Å²) in [5.41, 5.74) is 2.02. The zero-order valence-corrected chi connectivity index (χ0v) is 18.0. The molecule has 164 valence electrons. The molecule has 0 radical (unpaired) electrons. The van der Waals surface area contributed by atoms with Gasteiger partial charge >= 0.3 is 0 Å². The summed E-state index contributed by atoms with van der Waals surface area (Å²) in [4.78, 5) is 21.3. The van der Waals surface area contributed by atoms with Crippen molar-refractivity contribution in [1.82, 2.24) is 29.5 Å². The highest BCUT2D eigenvalue weighted by molar-refractivity contribution is 5.96. The van der Waals surface area contributed by atoms with Gasteiger partial charge in [-0.1, -0.05) is 31.2 Å². The molecule has 3 heterocycles. The van der Waals surface area contributed by atoms with Gasteiger partial charge in [-0.2, -0.15) is 0 Å². The number of para-hydroxylation sites is 1. The van der Waals surface area contributed by atoms with Gasteiger partial charge in [0.15, 0.2) is 5.78 Å². The van der Waals surface area contributed by atoms with Gasteiger partial charge in [0, 0.05) is 31.0 Å². The van der Waals surface area contributed by atoms with E-state index in [1.807, 2.05) is 13.8 Å². The van der Waals surface area contributed by atoms with Crippen molar-refractivity contribution in [2.45, 2.75) is 27.2 Å². The number of imidazole rings is 1. The van der Waals surface area contributed by atoms with Crippen LogP contribution in [0.1, 0.15) is 36.3 Å². The summed E-state index contributed by atoms with van der Waals surface area (Å²) in [7, 11) is 0. The summed E-state index contributed by atoms with van der Waals surface area (Å²) in [6.45, 7) is 5.39. The summed E-state index contributed by atoms with van der Waals surface area (Å²) < 4.78 is 17.4. The predicted octanol–water partition coefficient (Wildman–Crippen LogP) is 3.55. The molecule has 32 heavy (non-hydrogen) atoms. The maximum atomic E-state index is 14.3. The van der Waals surface area contributed by atoms with Crippen LogP contribution in [0.3, 0.4) is 0 Å². The third-order valence-corrected chi connectivity index (χ3v) is 5.15. The van der Waals surface area contributed by atoms with Crippen molar-refractivity contribution < 1.29 is 14.3 Å². The third-order valence-electron chi connectivity index (χ3n) is 5.15. The molecule has 4 rings (SSSR count). The molecular formula is C23H23FN6O2. The van der Waals surface area contributed by atoms with Gasteiger partial charge in [0.2, 0.25) is 0 Å². The van der Waals surface area contributed by atoms with Crippen LogP contribution in [-0.4, -0.2) is 47.0 Å². The van der Waals surface area contributed by atoms with Crippen LogP contribution in [0.5, 0.6) is 0 Å². The minimum Gasteiger partial charge on any atom is -0.396 e. The largest absolute Gasteiger partial charge is 0.396 e. The van der Waals surface area contributed by atoms with Crippen LogP contribution in [0.15, 0.2) is 55.1 Å². The number of benzene rings is 1. The maximum absolute atomic E-state index is 14.3. The smallest absolute Gasteiger partial charge is 0.165 e. The molecular weight excluding hydrogens is 411 g/mol. The van der Waals surface area contributed by atoms with E-state index in [1.54, 1.807) is 54.3 Å². The number of aliphatic hydroxyl groups excluding tert-OH is 1. The standard InChI is InChI=1S/C23H23FN6O2/c1-15-22(30(28-27-15)19-7-5-4-6-17(19)24)18-12-29(14-26-18)21-9-8-16(11-25-21)20(32)10-23(2,3)13-31/h4-9,11-12,14,31H,10,13H2,1-3H3. The number of aryl methyl sites for hydroxylation is 1. The van der Waals surface area contributed by atoms with Crippen LogP contribution >= 0.6 is 0 Å². The fourth-order valence-corrected chi connectivity index (χ4v) is 3.31. The lowest BCUT2D eigenvalue weighted by molar-refractivity contribution is 0.0858. The first-order chi connectivity index (χ1) is 15.3. The van der Waals surface area contributed by atoms with E-state index in [1.165, 1.54) is 16.9 Å². The second-order valence-corrected chi connectivity index (χ2v) is 8.38. The number of pyridine rings is 1. The number of ketones is 1. The molecule has 0 aliphatic rings. The van der Waals surface area contributed by atoms with Gasteiger partial charge in [0.25, 0.3) is 0 Å². The van der Waals surface area contributed by atoms with Crippen LogP contribution in [-0.2, 0) is 0 Å². The number of carbonyl (C=O) groups is 1. The molecule has 3 aromatic heterocycles. The lowest BCUT2D eigenvalue weighted by Crippen LogP contribution is -2.21. The van der Waals surface area contributed by atoms with Gasteiger partial charge in [-0.3, -0.25) is 9.36 Å². The Hall–Kier alpha value is -3.72. The predicted molar refractivity (Wildman–Crippen MR) is 116 cm³/mol. The minimum atomic E-state index is -0.484. The average molecular weight is 434 g/mol. The zero-order chi connectivity index (χ0) is 22.9. The second kappa shape index (κ2) is 8.43. The molecule has 0 fully saturated rings. The van der Waals surface area contributed by atoms with E-state index in [4.69, 9.17) is 0 Å². The van der Waals surface area contributed by atoms with E-state index in [9.17, 15) is 14.3 Å². The topological polar surface area (TPSA) is 98.7 Å². The fourth-order valence-electron chi connectivity index (χ4n) is 3.31. The van der Waals surface area contributed by atoms with Gasteiger partial charge in [0.1, 0.15) is 35.0 Å². The Morgan fingerprint density at radius 3 is 2.62 bits per heavy atom. The van der Waals surface area contributed by atoms with Crippen molar-refractivity contribution in [1.29, 1.82) is 0 Å². The lowest BCUT2D eigenvalue weighted by Gasteiger charge is -2.20. The molecule has 0 aliphatic heterocycles. The summed E-state index contributed by atoms with van der Waals surface area (Å²) in [5, 5.41) is 17.5. The highest BCUT2D eigenvalue weighted by Crippen LogP contribution is 2.26. The Morgan fingerprint density at radius 2 is 1.94 bits per heavy atom. The SMILES string of the molecule is Cc1nnn(-c2ccccc2F)c1-c1cn(-c2ccc(C(=O)CC(C)(C)CO)cn2)cn1. The van der Waals surface area contributed by atoms with Crippen molar-refractivity contribution in [3.63, 3.8) is 0 Å². The van der Waals surface area contributed by atoms with Crippen molar-refractivity contribution in [2.75, 3.05) is 6.61 Å². The first-order valence-corrected chi connectivity index (χ1v) is 10.1. The number of hydrogen-bond donors (Lipinski definition) is 1. The van der Waals surface area contributed by atoms with Crippen molar-refractivity contribution >= 4 is 5.78 Å². The van der Waals surface area contributed by atoms with Crippen LogP contribution in [0.4, 0.5) is 4.39 Å². The molecule has 0 spiro atoms. The highest BCUT2D eigenvalue weighted by Gasteiger charge is 2.22. The molecule has 0 bridgehead atoms. The molecule has 1 N–H and O–H groups in total. The van der Waals surface area contributed by atoms with E-state index in [0.717, 1.165) is 0 Å². The number of nitrogens with zero attached hydrogens (tertiary/aromatic N) is 6. The Bertz CT molecular complexity index is 1260. The molecule has 0 saturated carbocycles. The number of Topliss-reactive ketones (excluding diaryl/α,β-unsaturated/α-hetero) is 1. The summed E-state index contributed by atoms with van der Waals surface area (Å²) in [6.07, 6.45) is 5.08. The number of carbonyl (C=O) groups excluding carboxylic acids is 1. The first kappa shape index (κ1) is 21.5. The van der Waals surface area contributed by atoms with Crippen molar-refractivity contribution in [2.24, 2.45) is 5.41 Å². The van der Waals surface area contributed by atoms with E-state index < -0.39 is 11.2 Å². The minimum absolute atomic E-state index is 0.0696. The third kappa shape index (κ3) is 4.19. The Kier molecular flexibility index (Phi) is 5.67. The molecule has 0 aliphatic carbocycles. The Morgan fingerprint density at radius 1 is 1.16 bits per heavy atom. The monoisotopic (exact) mass is 434 g/mol. The van der Waals surface area contributed by atoms with Crippen LogP contribution in [0, 0.1) is 18.2 Å². The van der Waals surface area contributed by atoms with E-state index >= 15 is 0 Å². The molecule has 0 atom stereocenters. The van der Waals surface area contributed by atoms with Gasteiger partial charge < -0.3 is 5.11 Å². The Labute approximate surface area is 184 Å². The van der Waals surface area contributed by atoms with Gasteiger partial charge in [0.05, 0.1) is 5.69 Å². The van der Waals surface area contributed by atoms with Gasteiger partial charge in [-0.25, -0.2) is 19.0 Å². The summed E-state index contributed by atoms with van der Waals surface area (Å²) in [5.74, 6) is 0.0820. The molecule has 9 heteroatoms. The highest BCUT2D eigenvalue weighted by atomic mass is 19.1. The number of aromatic nitrogens is 6. The van der Waals surface area contributed by atoms with Crippen LogP contribution < -0.4 is 0 Å². The molecule has 8 nitrogen and oxygen atoms in total. The average Bonchev–Trinajstić information content (AvgIpc) is 3.40. The van der Waals surface area contributed by atoms with Gasteiger partial charge in [-0.15, -0.1) is 5.10 Å². The molecule has 0 saturated heterocycles. The molecule has 0 amide bonds. The van der Waals surface area contributed by atoms with Crippen LogP contribution in [0.2, 0.25) is 0 Å². The zero-order valence-electron chi connectivity index (χ0n) is 18.0. The van der Waals surface area contributed by atoms with Gasteiger partial charge in [-0.05, 0) is 36.6 Å². The number of hydrogen-bond acceptors (Lipinski definition) is 6. The molecule has 1 aromatic carbocycles. The van der Waals surface area contributed by atoms with Crippen LogP contribution in [0.25, 0.3) is 22.9 Å². The fraction of sp³-hybridized carbons (Fsp3) is 0.261. The van der Waals surface area contributed by atoms with E-state index in [-0.39, 0.29) is 24.5 Å². The molecule has 0 unspecified atom stereocenters. The van der Waals surface area contributed by atoms with Crippen molar-refractivity contribution in [3.05, 3.63) is 72.2 Å². The lowest BCUT2D eigenvalue weighted by atomic mass is 9.87. The Balaban J connectivity index is 1.61.